The number of nitrogens with zero attached hydrogens (tertiary/aromatic N) is 5. The number of imidazole rings is 1. The number of fused-ring (bicyclic) bond motifs is 1. The van der Waals surface area contributed by atoms with Crippen LogP contribution in [0.1, 0.15) is 35.5 Å². The van der Waals surface area contributed by atoms with Crippen LogP contribution in [0.4, 0.5) is 24.7 Å². The third kappa shape index (κ3) is 5.72. The maximum Gasteiger partial charge on any atom is 0.416 e. The maximum atomic E-state index is 13.0. The van der Waals surface area contributed by atoms with E-state index in [-0.39, 0.29) is 18.1 Å². The SMILES string of the molecule is CC.CN1CCN(C(=O)c2cn3ccnc(NCc4cc(N)cc(C(F)(F)F)c4)c3n2)CC1. The quantitative estimate of drug-likeness (QED) is 0.577. The van der Waals surface area contributed by atoms with Crippen molar-refractivity contribution in [2.45, 2.75) is 26.6 Å². The number of rotatable bonds is 4. The Kier molecular flexibility index (Phi) is 7.42. The van der Waals surface area contributed by atoms with E-state index in [0.717, 1.165) is 25.2 Å². The zero-order chi connectivity index (χ0) is 24.2. The van der Waals surface area contributed by atoms with Gasteiger partial charge in [0.25, 0.3) is 5.91 Å². The molecule has 1 saturated heterocycles. The molecule has 0 atom stereocenters. The molecule has 0 unspecified atom stereocenters. The molecule has 1 aliphatic rings. The fourth-order valence-electron chi connectivity index (χ4n) is 3.49. The second-order valence-electron chi connectivity index (χ2n) is 7.54. The Bertz CT molecular complexity index is 1110. The Balaban J connectivity index is 0.00000149. The summed E-state index contributed by atoms with van der Waals surface area (Å²) in [6, 6.07) is 3.40. The summed E-state index contributed by atoms with van der Waals surface area (Å²) in [6.07, 6.45) is 0.341. The van der Waals surface area contributed by atoms with E-state index in [1.165, 1.54) is 12.3 Å². The van der Waals surface area contributed by atoms with Crippen LogP contribution in [-0.2, 0) is 12.7 Å². The zero-order valence-electron chi connectivity index (χ0n) is 18.9. The summed E-state index contributed by atoms with van der Waals surface area (Å²) in [4.78, 5) is 25.4. The second kappa shape index (κ2) is 10.1. The molecule has 178 valence electrons. The number of likely N-dealkylation sites (N-methyl/N-ethyl adjacent to an activating group) is 1. The second-order valence-corrected chi connectivity index (χ2v) is 7.54. The molecular formula is C22H28F3N7O. The zero-order valence-corrected chi connectivity index (χ0v) is 18.9. The molecule has 0 aliphatic carbocycles. The lowest BCUT2D eigenvalue weighted by molar-refractivity contribution is -0.137. The van der Waals surface area contributed by atoms with Crippen LogP contribution in [0.25, 0.3) is 5.65 Å². The number of anilines is 2. The molecule has 3 N–H and O–H groups in total. The summed E-state index contributed by atoms with van der Waals surface area (Å²) in [5.41, 5.74) is 5.91. The highest BCUT2D eigenvalue weighted by atomic mass is 19.4. The van der Waals surface area contributed by atoms with Crippen LogP contribution in [0.15, 0.2) is 36.8 Å². The van der Waals surface area contributed by atoms with Gasteiger partial charge in [-0.15, -0.1) is 0 Å². The van der Waals surface area contributed by atoms with Gasteiger partial charge >= 0.3 is 6.18 Å². The number of carbonyl (C=O) groups excluding carboxylic acids is 1. The number of halogens is 3. The van der Waals surface area contributed by atoms with E-state index in [1.54, 1.807) is 21.7 Å². The highest BCUT2D eigenvalue weighted by Crippen LogP contribution is 2.31. The number of hydrogen-bond acceptors (Lipinski definition) is 6. The molecule has 0 radical (unpaired) electrons. The van der Waals surface area contributed by atoms with Crippen molar-refractivity contribution in [1.82, 2.24) is 24.2 Å². The molecule has 11 heteroatoms. The Morgan fingerprint density at radius 1 is 1.15 bits per heavy atom. The van der Waals surface area contributed by atoms with Crippen molar-refractivity contribution in [1.29, 1.82) is 0 Å². The van der Waals surface area contributed by atoms with E-state index < -0.39 is 11.7 Å². The van der Waals surface area contributed by atoms with Crippen LogP contribution in [0.2, 0.25) is 0 Å². The van der Waals surface area contributed by atoms with E-state index in [2.05, 4.69) is 20.2 Å². The van der Waals surface area contributed by atoms with Crippen LogP contribution < -0.4 is 11.1 Å². The molecular weight excluding hydrogens is 435 g/mol. The van der Waals surface area contributed by atoms with E-state index in [0.29, 0.717) is 35.8 Å². The monoisotopic (exact) mass is 463 g/mol. The van der Waals surface area contributed by atoms with Gasteiger partial charge in [-0.2, -0.15) is 13.2 Å². The predicted molar refractivity (Wildman–Crippen MR) is 121 cm³/mol. The highest BCUT2D eigenvalue weighted by Gasteiger charge is 2.31. The fraction of sp³-hybridized carbons (Fsp3) is 0.409. The molecule has 1 amide bonds. The van der Waals surface area contributed by atoms with E-state index in [4.69, 9.17) is 5.73 Å². The number of nitrogens with one attached hydrogen (secondary N) is 1. The number of amides is 1. The maximum absolute atomic E-state index is 13.0. The van der Waals surface area contributed by atoms with Gasteiger partial charge in [-0.25, -0.2) is 9.97 Å². The van der Waals surface area contributed by atoms with Crippen molar-refractivity contribution < 1.29 is 18.0 Å². The number of carbonyl (C=O) groups is 1. The summed E-state index contributed by atoms with van der Waals surface area (Å²) in [5.74, 6) is 0.198. The van der Waals surface area contributed by atoms with Crippen molar-refractivity contribution in [3.63, 3.8) is 0 Å². The summed E-state index contributed by atoms with van der Waals surface area (Å²) in [5, 5.41) is 3.00. The predicted octanol–water partition coefficient (Wildman–Crippen LogP) is 3.36. The molecule has 1 fully saturated rings. The molecule has 1 aliphatic heterocycles. The summed E-state index contributed by atoms with van der Waals surface area (Å²) < 4.78 is 40.8. The molecule has 1 aromatic carbocycles. The number of alkyl halides is 3. The van der Waals surface area contributed by atoms with Gasteiger partial charge in [-0.05, 0) is 30.8 Å². The smallest absolute Gasteiger partial charge is 0.399 e. The first-order valence-corrected chi connectivity index (χ1v) is 10.7. The van der Waals surface area contributed by atoms with Gasteiger partial charge in [0.1, 0.15) is 5.69 Å². The minimum atomic E-state index is -4.48. The molecule has 8 nitrogen and oxygen atoms in total. The van der Waals surface area contributed by atoms with Gasteiger partial charge in [-0.3, -0.25) is 4.79 Å². The van der Waals surface area contributed by atoms with Crippen LogP contribution in [-0.4, -0.2) is 63.3 Å². The van der Waals surface area contributed by atoms with Crippen LogP contribution in [0.5, 0.6) is 0 Å². The first kappa shape index (κ1) is 24.3. The molecule has 33 heavy (non-hydrogen) atoms. The third-order valence-electron chi connectivity index (χ3n) is 5.19. The normalized spacial score (nSPS) is 14.7. The van der Waals surface area contributed by atoms with Crippen molar-refractivity contribution in [2.75, 3.05) is 44.3 Å². The number of nitrogen functional groups attached to an aromatic ring is 1. The topological polar surface area (TPSA) is 91.8 Å². The molecule has 2 aromatic heterocycles. The Hall–Kier alpha value is -3.34. The number of aromatic nitrogens is 3. The first-order chi connectivity index (χ1) is 15.7. The summed E-state index contributed by atoms with van der Waals surface area (Å²) >= 11 is 0. The minimum absolute atomic E-state index is 0.0265. The first-order valence-electron chi connectivity index (χ1n) is 10.7. The molecule has 3 heterocycles. The van der Waals surface area contributed by atoms with Gasteiger partial charge in [-0.1, -0.05) is 13.8 Å². The minimum Gasteiger partial charge on any atom is -0.399 e. The van der Waals surface area contributed by atoms with Gasteiger partial charge in [0.15, 0.2) is 11.5 Å². The molecule has 3 aromatic rings. The van der Waals surface area contributed by atoms with Crippen LogP contribution in [0, 0.1) is 0 Å². The largest absolute Gasteiger partial charge is 0.416 e. The van der Waals surface area contributed by atoms with Gasteiger partial charge < -0.3 is 25.3 Å². The van der Waals surface area contributed by atoms with Crippen molar-refractivity contribution >= 4 is 23.1 Å². The van der Waals surface area contributed by atoms with Crippen LogP contribution in [0.3, 0.4) is 0 Å². The fourth-order valence-corrected chi connectivity index (χ4v) is 3.49. The lowest BCUT2D eigenvalue weighted by atomic mass is 10.1. The average molecular weight is 464 g/mol. The van der Waals surface area contributed by atoms with E-state index in [1.807, 2.05) is 20.9 Å². The Labute approximate surface area is 190 Å². The molecule has 0 saturated carbocycles. The number of piperazine rings is 1. The van der Waals surface area contributed by atoms with Gasteiger partial charge in [0, 0.05) is 57.0 Å². The lowest BCUT2D eigenvalue weighted by Crippen LogP contribution is -2.47. The summed E-state index contributed by atoms with van der Waals surface area (Å²) in [7, 11) is 2.01. The average Bonchev–Trinajstić information content (AvgIpc) is 3.23. The van der Waals surface area contributed by atoms with E-state index in [9.17, 15) is 18.0 Å². The number of hydrogen-bond donors (Lipinski definition) is 2. The van der Waals surface area contributed by atoms with E-state index >= 15 is 0 Å². The summed E-state index contributed by atoms with van der Waals surface area (Å²) in [6.45, 7) is 6.92. The Morgan fingerprint density at radius 3 is 2.52 bits per heavy atom. The van der Waals surface area contributed by atoms with Crippen molar-refractivity contribution in [3.05, 3.63) is 53.6 Å². The van der Waals surface area contributed by atoms with Crippen LogP contribution >= 0.6 is 0 Å². The third-order valence-corrected chi connectivity index (χ3v) is 5.19. The Morgan fingerprint density at radius 2 is 1.85 bits per heavy atom. The molecule has 4 rings (SSSR count). The van der Waals surface area contributed by atoms with Gasteiger partial charge in [0.2, 0.25) is 0 Å². The highest BCUT2D eigenvalue weighted by molar-refractivity contribution is 5.93. The number of benzene rings is 1. The lowest BCUT2D eigenvalue weighted by Gasteiger charge is -2.31. The van der Waals surface area contributed by atoms with Crippen molar-refractivity contribution in [2.24, 2.45) is 0 Å². The van der Waals surface area contributed by atoms with Gasteiger partial charge in [0.05, 0.1) is 5.56 Å². The molecule has 0 spiro atoms. The van der Waals surface area contributed by atoms with Crippen molar-refractivity contribution in [3.8, 4) is 0 Å². The molecule has 0 bridgehead atoms. The number of nitrogens with two attached hydrogens (primary N) is 1. The standard InChI is InChI=1S/C20H22F3N7O.C2H6/c1-28-4-6-29(7-5-28)19(31)16-12-30-3-2-25-17(18(30)27-16)26-11-13-8-14(20(21,22)23)10-15(24)9-13;1-2/h2-3,8-10,12H,4-7,11,24H2,1H3,(H,25,26);1-2H3.